The Hall–Kier alpha value is -4.20. The van der Waals surface area contributed by atoms with Crippen LogP contribution in [0, 0.1) is 0 Å². The average molecular weight is 498 g/mol. The highest BCUT2D eigenvalue weighted by Crippen LogP contribution is 2.43. The number of hydrogen-bond donors (Lipinski definition) is 0. The number of esters is 2. The molecule has 0 aromatic heterocycles. The van der Waals surface area contributed by atoms with Crippen LogP contribution in [0.1, 0.15) is 37.8 Å². The largest absolute Gasteiger partial charge is 0.423 e. The number of carbonyl (C=O) groups is 2. The minimum absolute atomic E-state index is 0.0752. The molecule has 0 saturated heterocycles. The normalized spacial score (nSPS) is 10.9. The van der Waals surface area contributed by atoms with Gasteiger partial charge in [0, 0.05) is 22.3 Å². The Kier molecular flexibility index (Phi) is 8.09. The van der Waals surface area contributed by atoms with Crippen LogP contribution in [0.4, 0.5) is 17.6 Å². The Bertz CT molecular complexity index is 1210. The molecule has 0 atom stereocenters. The van der Waals surface area contributed by atoms with Crippen molar-refractivity contribution in [2.45, 2.75) is 26.7 Å². The molecule has 4 nitrogen and oxygen atoms in total. The second-order valence-corrected chi connectivity index (χ2v) is 7.98. The summed E-state index contributed by atoms with van der Waals surface area (Å²) in [6.07, 6.45) is -6.39. The molecule has 0 aliphatic heterocycles. The van der Waals surface area contributed by atoms with Crippen LogP contribution in [0.3, 0.4) is 0 Å². The van der Waals surface area contributed by atoms with Crippen molar-refractivity contribution in [3.05, 3.63) is 96.1 Å². The highest BCUT2D eigenvalue weighted by atomic mass is 19.3. The zero-order valence-electron chi connectivity index (χ0n) is 19.5. The van der Waals surface area contributed by atoms with Crippen LogP contribution < -0.4 is 9.47 Å². The van der Waals surface area contributed by atoms with Crippen molar-refractivity contribution in [3.8, 4) is 33.8 Å². The number of alkyl halides is 4. The van der Waals surface area contributed by atoms with Crippen LogP contribution >= 0.6 is 0 Å². The van der Waals surface area contributed by atoms with Crippen molar-refractivity contribution in [2.24, 2.45) is 0 Å². The topological polar surface area (TPSA) is 52.6 Å². The summed E-state index contributed by atoms with van der Waals surface area (Å²) in [6.45, 7) is 9.90. The van der Waals surface area contributed by atoms with Crippen LogP contribution in [0.15, 0.2) is 85.0 Å². The first-order valence-corrected chi connectivity index (χ1v) is 10.7. The third-order valence-electron chi connectivity index (χ3n) is 5.17. The van der Waals surface area contributed by atoms with Gasteiger partial charge in [-0.2, -0.15) is 0 Å². The predicted molar refractivity (Wildman–Crippen MR) is 128 cm³/mol. The van der Waals surface area contributed by atoms with E-state index in [9.17, 15) is 27.2 Å². The van der Waals surface area contributed by atoms with Crippen LogP contribution in [-0.4, -0.2) is 11.9 Å². The molecule has 0 spiro atoms. The van der Waals surface area contributed by atoms with Crippen LogP contribution in [-0.2, 0) is 9.59 Å². The van der Waals surface area contributed by atoms with Gasteiger partial charge >= 0.3 is 11.9 Å². The second-order valence-electron chi connectivity index (χ2n) is 7.98. The highest BCUT2D eigenvalue weighted by Gasteiger charge is 2.28. The van der Waals surface area contributed by atoms with Gasteiger partial charge in [0.25, 0.3) is 12.9 Å². The molecule has 0 fully saturated rings. The fourth-order valence-electron chi connectivity index (χ4n) is 3.40. The van der Waals surface area contributed by atoms with Gasteiger partial charge in [-0.05, 0) is 60.4 Å². The molecule has 186 valence electrons. The fourth-order valence-corrected chi connectivity index (χ4v) is 3.40. The van der Waals surface area contributed by atoms with E-state index in [0.717, 1.165) is 0 Å². The van der Waals surface area contributed by atoms with Crippen molar-refractivity contribution in [3.63, 3.8) is 0 Å². The first-order valence-electron chi connectivity index (χ1n) is 10.7. The van der Waals surface area contributed by atoms with Crippen molar-refractivity contribution in [1.82, 2.24) is 0 Å². The quantitative estimate of drug-likeness (QED) is 0.137. The standard InChI is InChI=1S/C28H22F4O4/c1-15(2)27(33)35-19-9-5-17(6-10-19)21-13-14-22(24(26(31)32)23(21)25(29)30)18-7-11-20(12-8-18)36-28(34)16(3)4/h5-14,25-26H,1,3H2,2,4H3. The van der Waals surface area contributed by atoms with E-state index in [1.54, 1.807) is 0 Å². The molecule has 0 amide bonds. The Balaban J connectivity index is 2.04. The summed E-state index contributed by atoms with van der Waals surface area (Å²) in [5.41, 5.74) is -0.898. The molecule has 0 N–H and O–H groups in total. The lowest BCUT2D eigenvalue weighted by Crippen LogP contribution is -2.08. The van der Waals surface area contributed by atoms with Gasteiger partial charge < -0.3 is 9.47 Å². The lowest BCUT2D eigenvalue weighted by Gasteiger charge is -2.19. The maximum Gasteiger partial charge on any atom is 0.338 e. The van der Waals surface area contributed by atoms with E-state index >= 15 is 0 Å². The molecular weight excluding hydrogens is 476 g/mol. The predicted octanol–water partition coefficient (Wildman–Crippen LogP) is 7.86. The van der Waals surface area contributed by atoms with E-state index in [-0.39, 0.29) is 44.9 Å². The number of benzene rings is 3. The van der Waals surface area contributed by atoms with E-state index < -0.39 is 35.9 Å². The van der Waals surface area contributed by atoms with Crippen molar-refractivity contribution in [1.29, 1.82) is 0 Å². The van der Waals surface area contributed by atoms with Gasteiger partial charge in [0.2, 0.25) is 0 Å². The van der Waals surface area contributed by atoms with E-state index in [4.69, 9.17) is 9.47 Å². The van der Waals surface area contributed by atoms with Gasteiger partial charge in [-0.15, -0.1) is 0 Å². The molecule has 0 aliphatic rings. The molecule has 0 heterocycles. The Labute approximate surface area is 205 Å². The van der Waals surface area contributed by atoms with Gasteiger partial charge in [-0.3, -0.25) is 0 Å². The van der Waals surface area contributed by atoms with Crippen LogP contribution in [0.25, 0.3) is 22.3 Å². The molecule has 3 aromatic rings. The minimum atomic E-state index is -3.19. The lowest BCUT2D eigenvalue weighted by atomic mass is 9.89. The zero-order valence-corrected chi connectivity index (χ0v) is 19.5. The maximum absolute atomic E-state index is 14.2. The smallest absolute Gasteiger partial charge is 0.338 e. The zero-order chi connectivity index (χ0) is 26.6. The highest BCUT2D eigenvalue weighted by molar-refractivity contribution is 5.89. The molecule has 0 bridgehead atoms. The third kappa shape index (κ3) is 5.89. The van der Waals surface area contributed by atoms with Crippen LogP contribution in [0.5, 0.6) is 11.5 Å². The number of rotatable bonds is 8. The van der Waals surface area contributed by atoms with E-state index in [1.165, 1.54) is 74.5 Å². The Morgan fingerprint density at radius 1 is 0.611 bits per heavy atom. The summed E-state index contributed by atoms with van der Waals surface area (Å²) >= 11 is 0. The minimum Gasteiger partial charge on any atom is -0.423 e. The van der Waals surface area contributed by atoms with Gasteiger partial charge in [0.15, 0.2) is 0 Å². The Morgan fingerprint density at radius 2 is 0.917 bits per heavy atom. The lowest BCUT2D eigenvalue weighted by molar-refractivity contribution is -0.130. The molecular formula is C28H22F4O4. The maximum atomic E-state index is 14.2. The van der Waals surface area contributed by atoms with Gasteiger partial charge in [0.05, 0.1) is 0 Å². The van der Waals surface area contributed by atoms with E-state index in [1.807, 2.05) is 0 Å². The molecule has 0 saturated carbocycles. The van der Waals surface area contributed by atoms with Gasteiger partial charge in [-0.25, -0.2) is 27.2 Å². The summed E-state index contributed by atoms with van der Waals surface area (Å²) in [4.78, 5) is 23.3. The summed E-state index contributed by atoms with van der Waals surface area (Å²) in [5, 5.41) is 0. The molecule has 0 aliphatic carbocycles. The van der Waals surface area contributed by atoms with Gasteiger partial charge in [-0.1, -0.05) is 49.6 Å². The number of carbonyl (C=O) groups excluding carboxylic acids is 2. The molecule has 0 unspecified atom stereocenters. The average Bonchev–Trinajstić information content (AvgIpc) is 2.83. The summed E-state index contributed by atoms with van der Waals surface area (Å²) in [6, 6.07) is 13.8. The summed E-state index contributed by atoms with van der Waals surface area (Å²) in [5.74, 6) is -0.992. The number of hydrogen-bond acceptors (Lipinski definition) is 4. The molecule has 3 aromatic carbocycles. The number of halogens is 4. The molecule has 8 heteroatoms. The third-order valence-corrected chi connectivity index (χ3v) is 5.17. The second kappa shape index (κ2) is 11.0. The number of ether oxygens (including phenoxy) is 2. The summed E-state index contributed by atoms with van der Waals surface area (Å²) in [7, 11) is 0. The Morgan fingerprint density at radius 3 is 1.17 bits per heavy atom. The van der Waals surface area contributed by atoms with E-state index in [2.05, 4.69) is 13.2 Å². The molecule has 36 heavy (non-hydrogen) atoms. The van der Waals surface area contributed by atoms with Crippen molar-refractivity contribution >= 4 is 11.9 Å². The first kappa shape index (κ1) is 26.4. The summed E-state index contributed by atoms with van der Waals surface area (Å²) < 4.78 is 66.9. The monoisotopic (exact) mass is 498 g/mol. The van der Waals surface area contributed by atoms with E-state index in [0.29, 0.717) is 0 Å². The van der Waals surface area contributed by atoms with Gasteiger partial charge in [0.1, 0.15) is 11.5 Å². The molecule has 3 rings (SSSR count). The van der Waals surface area contributed by atoms with Crippen LogP contribution in [0.2, 0.25) is 0 Å². The van der Waals surface area contributed by atoms with Crippen molar-refractivity contribution < 1.29 is 36.6 Å². The molecule has 0 radical (unpaired) electrons. The SMILES string of the molecule is C=C(C)C(=O)Oc1ccc(-c2ccc(-c3ccc(OC(=O)C(=C)C)cc3)c(C(F)F)c2C(F)F)cc1. The fraction of sp³-hybridized carbons (Fsp3) is 0.143. The first-order chi connectivity index (χ1) is 17.0. The van der Waals surface area contributed by atoms with Crippen molar-refractivity contribution in [2.75, 3.05) is 0 Å².